The second-order valence-electron chi connectivity index (χ2n) is 5.99. The first-order chi connectivity index (χ1) is 12.0. The van der Waals surface area contributed by atoms with Crippen molar-refractivity contribution in [3.8, 4) is 0 Å². The number of nitrogens with zero attached hydrogens (tertiary/aromatic N) is 4. The van der Waals surface area contributed by atoms with Crippen molar-refractivity contribution in [2.45, 2.75) is 23.0 Å². The van der Waals surface area contributed by atoms with E-state index in [2.05, 4.69) is 5.10 Å². The molecule has 0 saturated carbocycles. The maximum atomic E-state index is 13.0. The van der Waals surface area contributed by atoms with Gasteiger partial charge >= 0.3 is 0 Å². The summed E-state index contributed by atoms with van der Waals surface area (Å²) in [6.07, 6.45) is 0. The van der Waals surface area contributed by atoms with E-state index in [1.807, 2.05) is 0 Å². The highest BCUT2D eigenvalue weighted by molar-refractivity contribution is 7.91. The molecule has 0 N–H and O–H groups in total. The minimum atomic E-state index is -3.72. The molecule has 0 aromatic carbocycles. The zero-order valence-electron chi connectivity index (χ0n) is 14.5. The summed E-state index contributed by atoms with van der Waals surface area (Å²) in [6, 6.07) is 3.00. The number of hydrogen-bond acceptors (Lipinski definition) is 6. The molecule has 1 aliphatic heterocycles. The molecule has 0 atom stereocenters. The lowest BCUT2D eigenvalue weighted by Gasteiger charge is -2.33. The van der Waals surface area contributed by atoms with Gasteiger partial charge in [-0.1, -0.05) is 11.6 Å². The molecule has 1 saturated heterocycles. The van der Waals surface area contributed by atoms with Gasteiger partial charge in [0.2, 0.25) is 10.0 Å². The van der Waals surface area contributed by atoms with Crippen molar-refractivity contribution in [3.63, 3.8) is 0 Å². The van der Waals surface area contributed by atoms with E-state index in [-0.39, 0.29) is 35.3 Å². The van der Waals surface area contributed by atoms with Crippen LogP contribution >= 0.6 is 22.9 Å². The van der Waals surface area contributed by atoms with E-state index >= 15 is 0 Å². The summed E-state index contributed by atoms with van der Waals surface area (Å²) in [5, 5.41) is 4.16. The van der Waals surface area contributed by atoms with Crippen molar-refractivity contribution < 1.29 is 16.8 Å². The highest BCUT2D eigenvalue weighted by Crippen LogP contribution is 2.30. The summed E-state index contributed by atoms with van der Waals surface area (Å²) in [5.41, 5.74) is 0.999. The fourth-order valence-corrected chi connectivity index (χ4v) is 7.85. The first kappa shape index (κ1) is 19.8. The molecule has 0 radical (unpaired) electrons. The second-order valence-corrected chi connectivity index (χ2v) is 11.7. The third-order valence-corrected chi connectivity index (χ3v) is 10.1. The molecule has 1 fully saturated rings. The topological polar surface area (TPSA) is 92.6 Å². The molecule has 12 heteroatoms. The predicted molar refractivity (Wildman–Crippen MR) is 99.5 cm³/mol. The Morgan fingerprint density at radius 3 is 1.96 bits per heavy atom. The first-order valence-corrected chi connectivity index (χ1v) is 11.9. The van der Waals surface area contributed by atoms with Crippen LogP contribution in [0.2, 0.25) is 4.34 Å². The largest absolute Gasteiger partial charge is 0.271 e. The molecule has 3 rings (SSSR count). The van der Waals surface area contributed by atoms with Crippen molar-refractivity contribution in [3.05, 3.63) is 27.9 Å². The average molecular weight is 439 g/mol. The highest BCUT2D eigenvalue weighted by atomic mass is 35.5. The number of aromatic nitrogens is 2. The number of sulfonamides is 2. The van der Waals surface area contributed by atoms with Gasteiger partial charge in [0.05, 0.1) is 15.7 Å². The fourth-order valence-electron chi connectivity index (χ4n) is 2.97. The molecule has 0 unspecified atom stereocenters. The zero-order chi connectivity index (χ0) is 19.3. The molecular weight excluding hydrogens is 420 g/mol. The predicted octanol–water partition coefficient (Wildman–Crippen LogP) is 1.45. The Morgan fingerprint density at radius 1 is 1.00 bits per heavy atom. The van der Waals surface area contributed by atoms with Gasteiger partial charge in [-0.3, -0.25) is 4.68 Å². The van der Waals surface area contributed by atoms with Gasteiger partial charge in [-0.05, 0) is 26.0 Å². The van der Waals surface area contributed by atoms with E-state index in [1.54, 1.807) is 20.9 Å². The maximum absolute atomic E-state index is 13.0. The quantitative estimate of drug-likeness (QED) is 0.720. The molecule has 2 aromatic rings. The van der Waals surface area contributed by atoms with Gasteiger partial charge in [-0.2, -0.15) is 13.7 Å². The lowest BCUT2D eigenvalue weighted by molar-refractivity contribution is 0.273. The molecule has 1 aliphatic rings. The van der Waals surface area contributed by atoms with Crippen LogP contribution in [-0.4, -0.2) is 61.4 Å². The number of halogens is 1. The summed E-state index contributed by atoms with van der Waals surface area (Å²) in [7, 11) is -5.69. The fraction of sp³-hybridized carbons (Fsp3) is 0.500. The van der Waals surface area contributed by atoms with Crippen molar-refractivity contribution in [2.75, 3.05) is 26.2 Å². The van der Waals surface area contributed by atoms with Crippen LogP contribution in [-0.2, 0) is 27.1 Å². The van der Waals surface area contributed by atoms with E-state index in [0.29, 0.717) is 15.7 Å². The molecule has 0 bridgehead atoms. The van der Waals surface area contributed by atoms with Gasteiger partial charge in [0.1, 0.15) is 9.10 Å². The highest BCUT2D eigenvalue weighted by Gasteiger charge is 2.36. The number of rotatable bonds is 4. The maximum Gasteiger partial charge on any atom is 0.252 e. The summed E-state index contributed by atoms with van der Waals surface area (Å²) in [5.74, 6) is 0. The Bertz CT molecular complexity index is 1030. The molecule has 2 aromatic heterocycles. The number of hydrogen-bond donors (Lipinski definition) is 0. The average Bonchev–Trinajstić information content (AvgIpc) is 3.12. The van der Waals surface area contributed by atoms with Crippen molar-refractivity contribution in [2.24, 2.45) is 7.05 Å². The van der Waals surface area contributed by atoms with E-state index in [1.165, 1.54) is 25.4 Å². The van der Waals surface area contributed by atoms with Crippen LogP contribution in [0.15, 0.2) is 21.2 Å². The monoisotopic (exact) mass is 438 g/mol. The van der Waals surface area contributed by atoms with Crippen molar-refractivity contribution in [1.82, 2.24) is 18.4 Å². The summed E-state index contributed by atoms with van der Waals surface area (Å²) >= 11 is 6.82. The zero-order valence-corrected chi connectivity index (χ0v) is 17.7. The third-order valence-electron chi connectivity index (χ3n) is 4.38. The summed E-state index contributed by atoms with van der Waals surface area (Å²) in [6.45, 7) is 3.73. The molecule has 8 nitrogen and oxygen atoms in total. The van der Waals surface area contributed by atoms with Crippen LogP contribution in [0.4, 0.5) is 0 Å². The minimum absolute atomic E-state index is 0.0917. The van der Waals surface area contributed by atoms with Crippen LogP contribution < -0.4 is 0 Å². The Hall–Kier alpha value is -0.980. The van der Waals surface area contributed by atoms with Crippen molar-refractivity contribution in [1.29, 1.82) is 0 Å². The first-order valence-electron chi connectivity index (χ1n) is 7.81. The minimum Gasteiger partial charge on any atom is -0.271 e. The molecule has 26 heavy (non-hydrogen) atoms. The van der Waals surface area contributed by atoms with Gasteiger partial charge in [0, 0.05) is 33.2 Å². The van der Waals surface area contributed by atoms with Crippen LogP contribution in [0.25, 0.3) is 0 Å². The Labute approximate surface area is 162 Å². The van der Waals surface area contributed by atoms with Gasteiger partial charge in [0.15, 0.2) is 0 Å². The van der Waals surface area contributed by atoms with E-state index in [9.17, 15) is 16.8 Å². The lowest BCUT2D eigenvalue weighted by Crippen LogP contribution is -2.50. The molecule has 0 aliphatic carbocycles. The third kappa shape index (κ3) is 3.32. The van der Waals surface area contributed by atoms with Crippen molar-refractivity contribution >= 4 is 43.0 Å². The van der Waals surface area contributed by atoms with Crippen LogP contribution in [0, 0.1) is 13.8 Å². The number of piperazine rings is 1. The Balaban J connectivity index is 1.80. The lowest BCUT2D eigenvalue weighted by atomic mass is 10.4. The molecule has 3 heterocycles. The molecule has 144 valence electrons. The van der Waals surface area contributed by atoms with Gasteiger partial charge in [0.25, 0.3) is 10.0 Å². The summed E-state index contributed by atoms with van der Waals surface area (Å²) in [4.78, 5) is 0.196. The Morgan fingerprint density at radius 2 is 1.54 bits per heavy atom. The van der Waals surface area contributed by atoms with Crippen LogP contribution in [0.5, 0.6) is 0 Å². The smallest absolute Gasteiger partial charge is 0.252 e. The second kappa shape index (κ2) is 6.88. The number of thiophene rings is 1. The van der Waals surface area contributed by atoms with E-state index < -0.39 is 20.0 Å². The standard InChI is InChI=1S/C14H19ClN4O4S3/c1-10-14(11(2)17(3)16-10)26(22,23)19-8-6-18(7-9-19)25(20,21)13-5-4-12(15)24-13/h4-5H,6-9H2,1-3H3. The van der Waals surface area contributed by atoms with E-state index in [4.69, 9.17) is 11.6 Å². The van der Waals surface area contributed by atoms with Gasteiger partial charge in [-0.25, -0.2) is 16.8 Å². The Kier molecular flexibility index (Phi) is 5.23. The van der Waals surface area contributed by atoms with Crippen LogP contribution in [0.3, 0.4) is 0 Å². The number of aryl methyl sites for hydroxylation is 2. The SMILES string of the molecule is Cc1nn(C)c(C)c1S(=O)(=O)N1CCN(S(=O)(=O)c2ccc(Cl)s2)CC1. The van der Waals surface area contributed by atoms with E-state index in [0.717, 1.165) is 11.3 Å². The normalized spacial score (nSPS) is 17.7. The molecule has 0 spiro atoms. The summed E-state index contributed by atoms with van der Waals surface area (Å²) < 4.78 is 55.9. The van der Waals surface area contributed by atoms with Gasteiger partial charge < -0.3 is 0 Å². The molecule has 0 amide bonds. The van der Waals surface area contributed by atoms with Crippen LogP contribution in [0.1, 0.15) is 11.4 Å². The molecular formula is C14H19ClN4O4S3. The van der Waals surface area contributed by atoms with Gasteiger partial charge in [-0.15, -0.1) is 11.3 Å².